The fourth-order valence-corrected chi connectivity index (χ4v) is 2.09. The van der Waals surface area contributed by atoms with E-state index in [1.165, 1.54) is 23.9 Å². The summed E-state index contributed by atoms with van der Waals surface area (Å²) in [7, 11) is 0. The maximum Gasteiger partial charge on any atom is 0.257 e. The van der Waals surface area contributed by atoms with E-state index in [4.69, 9.17) is 0 Å². The molecule has 0 atom stereocenters. The first-order valence-electron chi connectivity index (χ1n) is 5.27. The summed E-state index contributed by atoms with van der Waals surface area (Å²) in [6, 6.07) is 11.5. The minimum absolute atomic E-state index is 0.205. The average Bonchev–Trinajstić information content (AvgIpc) is 2.38. The number of aromatic nitrogens is 1. The van der Waals surface area contributed by atoms with Gasteiger partial charge in [0, 0.05) is 4.90 Å². The second-order valence-corrected chi connectivity index (χ2v) is 4.35. The van der Waals surface area contributed by atoms with Gasteiger partial charge >= 0.3 is 0 Å². The molecule has 0 spiro atoms. The molecule has 0 bridgehead atoms. The molecular formula is C13H11FN2OS. The number of thioether (sulfide) groups is 1. The van der Waals surface area contributed by atoms with Crippen molar-refractivity contribution in [2.75, 3.05) is 11.6 Å². The van der Waals surface area contributed by atoms with Crippen LogP contribution in [0.1, 0.15) is 10.4 Å². The summed E-state index contributed by atoms with van der Waals surface area (Å²) in [5.41, 5.74) is 0.552. The van der Waals surface area contributed by atoms with Crippen LogP contribution in [0.15, 0.2) is 47.4 Å². The molecule has 18 heavy (non-hydrogen) atoms. The molecule has 0 aliphatic rings. The van der Waals surface area contributed by atoms with Crippen LogP contribution >= 0.6 is 11.8 Å². The lowest BCUT2D eigenvalue weighted by Crippen LogP contribution is -2.14. The molecule has 0 fully saturated rings. The van der Waals surface area contributed by atoms with Crippen molar-refractivity contribution in [3.8, 4) is 0 Å². The minimum Gasteiger partial charge on any atom is -0.306 e. The lowest BCUT2D eigenvalue weighted by molar-refractivity contribution is 0.102. The van der Waals surface area contributed by atoms with Crippen molar-refractivity contribution in [1.29, 1.82) is 0 Å². The highest BCUT2D eigenvalue weighted by atomic mass is 32.2. The molecule has 0 unspecified atom stereocenters. The Labute approximate surface area is 108 Å². The van der Waals surface area contributed by atoms with Crippen LogP contribution in [0.25, 0.3) is 0 Å². The predicted molar refractivity (Wildman–Crippen MR) is 70.4 cm³/mol. The SMILES string of the molecule is CSc1ccccc1C(=O)Nc1cccc(F)n1. The van der Waals surface area contributed by atoms with Crippen LogP contribution < -0.4 is 5.32 Å². The van der Waals surface area contributed by atoms with Crippen molar-refractivity contribution in [2.45, 2.75) is 4.90 Å². The lowest BCUT2D eigenvalue weighted by Gasteiger charge is -2.07. The second kappa shape index (κ2) is 5.64. The van der Waals surface area contributed by atoms with Crippen molar-refractivity contribution >= 4 is 23.5 Å². The smallest absolute Gasteiger partial charge is 0.257 e. The van der Waals surface area contributed by atoms with Gasteiger partial charge in [-0.1, -0.05) is 18.2 Å². The second-order valence-electron chi connectivity index (χ2n) is 3.50. The molecule has 92 valence electrons. The standard InChI is InChI=1S/C13H11FN2OS/c1-18-10-6-3-2-5-9(10)13(17)16-12-8-4-7-11(14)15-12/h2-8H,1H3,(H,15,16,17). The number of pyridine rings is 1. The van der Waals surface area contributed by atoms with E-state index in [2.05, 4.69) is 10.3 Å². The highest BCUT2D eigenvalue weighted by Crippen LogP contribution is 2.20. The highest BCUT2D eigenvalue weighted by Gasteiger charge is 2.11. The number of amides is 1. The number of benzene rings is 1. The molecule has 0 saturated heterocycles. The molecule has 1 aromatic carbocycles. The van der Waals surface area contributed by atoms with E-state index in [-0.39, 0.29) is 11.7 Å². The third kappa shape index (κ3) is 2.87. The monoisotopic (exact) mass is 262 g/mol. The van der Waals surface area contributed by atoms with Crippen LogP contribution in [0.5, 0.6) is 0 Å². The quantitative estimate of drug-likeness (QED) is 0.682. The normalized spacial score (nSPS) is 10.1. The Kier molecular flexibility index (Phi) is 3.94. The van der Waals surface area contributed by atoms with Crippen LogP contribution in [-0.2, 0) is 0 Å². The Morgan fingerprint density at radius 3 is 2.72 bits per heavy atom. The molecule has 1 N–H and O–H groups in total. The number of carbonyl (C=O) groups is 1. The predicted octanol–water partition coefficient (Wildman–Crippen LogP) is 3.19. The molecule has 0 aliphatic heterocycles. The van der Waals surface area contributed by atoms with Gasteiger partial charge in [-0.25, -0.2) is 4.98 Å². The summed E-state index contributed by atoms with van der Waals surface area (Å²) in [4.78, 5) is 16.5. The molecule has 1 amide bonds. The van der Waals surface area contributed by atoms with Gasteiger partial charge in [0.25, 0.3) is 5.91 Å². The van der Waals surface area contributed by atoms with Crippen LogP contribution in [0, 0.1) is 5.95 Å². The van der Waals surface area contributed by atoms with Crippen LogP contribution in [0.2, 0.25) is 0 Å². The van der Waals surface area contributed by atoms with Gasteiger partial charge in [-0.15, -0.1) is 11.8 Å². The van der Waals surface area contributed by atoms with E-state index in [0.717, 1.165) is 4.90 Å². The summed E-state index contributed by atoms with van der Waals surface area (Å²) < 4.78 is 12.9. The summed E-state index contributed by atoms with van der Waals surface area (Å²) in [6.45, 7) is 0. The zero-order chi connectivity index (χ0) is 13.0. The molecule has 0 saturated carbocycles. The van der Waals surface area contributed by atoms with Crippen molar-refractivity contribution in [3.63, 3.8) is 0 Å². The Bertz CT molecular complexity index is 574. The lowest BCUT2D eigenvalue weighted by atomic mass is 10.2. The summed E-state index contributed by atoms with van der Waals surface area (Å²) >= 11 is 1.48. The number of nitrogens with zero attached hydrogens (tertiary/aromatic N) is 1. The molecule has 2 rings (SSSR count). The maximum atomic E-state index is 12.9. The summed E-state index contributed by atoms with van der Waals surface area (Å²) in [6.07, 6.45) is 1.90. The number of rotatable bonds is 3. The molecule has 0 aliphatic carbocycles. The van der Waals surface area contributed by atoms with Gasteiger partial charge in [0.2, 0.25) is 5.95 Å². The molecule has 1 aromatic heterocycles. The molecule has 0 radical (unpaired) electrons. The molecule has 1 heterocycles. The van der Waals surface area contributed by atoms with E-state index in [0.29, 0.717) is 5.56 Å². The fraction of sp³-hybridized carbons (Fsp3) is 0.0769. The fourth-order valence-electron chi connectivity index (χ4n) is 1.49. The molecular weight excluding hydrogens is 251 g/mol. The van der Waals surface area contributed by atoms with Crippen molar-refractivity contribution in [1.82, 2.24) is 4.98 Å². The van der Waals surface area contributed by atoms with E-state index in [1.54, 1.807) is 18.2 Å². The van der Waals surface area contributed by atoms with Crippen LogP contribution in [0.3, 0.4) is 0 Å². The number of hydrogen-bond donors (Lipinski definition) is 1. The van der Waals surface area contributed by atoms with Crippen molar-refractivity contribution in [2.24, 2.45) is 0 Å². The summed E-state index contributed by atoms with van der Waals surface area (Å²) in [5, 5.41) is 2.57. The number of hydrogen-bond acceptors (Lipinski definition) is 3. The minimum atomic E-state index is -0.619. The third-order valence-electron chi connectivity index (χ3n) is 2.31. The van der Waals surface area contributed by atoms with E-state index < -0.39 is 5.95 Å². The Hall–Kier alpha value is -1.88. The molecule has 2 aromatic rings. The van der Waals surface area contributed by atoms with E-state index in [1.807, 2.05) is 18.4 Å². The van der Waals surface area contributed by atoms with Crippen LogP contribution in [0.4, 0.5) is 10.2 Å². The number of anilines is 1. The topological polar surface area (TPSA) is 42.0 Å². The third-order valence-corrected chi connectivity index (χ3v) is 3.10. The first-order valence-corrected chi connectivity index (χ1v) is 6.50. The summed E-state index contributed by atoms with van der Waals surface area (Å²) in [5.74, 6) is -0.708. The van der Waals surface area contributed by atoms with E-state index in [9.17, 15) is 9.18 Å². The van der Waals surface area contributed by atoms with Crippen molar-refractivity contribution < 1.29 is 9.18 Å². The first-order chi connectivity index (χ1) is 8.70. The Morgan fingerprint density at radius 1 is 1.22 bits per heavy atom. The number of halogens is 1. The first kappa shape index (κ1) is 12.6. The van der Waals surface area contributed by atoms with Crippen molar-refractivity contribution in [3.05, 3.63) is 54.0 Å². The van der Waals surface area contributed by atoms with Gasteiger partial charge < -0.3 is 5.32 Å². The van der Waals surface area contributed by atoms with Crippen LogP contribution in [-0.4, -0.2) is 17.1 Å². The maximum absolute atomic E-state index is 12.9. The Balaban J connectivity index is 2.22. The van der Waals surface area contributed by atoms with Gasteiger partial charge in [0.15, 0.2) is 0 Å². The Morgan fingerprint density at radius 2 is 2.00 bits per heavy atom. The van der Waals surface area contributed by atoms with Gasteiger partial charge in [-0.2, -0.15) is 4.39 Å². The number of nitrogens with one attached hydrogen (secondary N) is 1. The number of carbonyl (C=O) groups excluding carboxylic acids is 1. The zero-order valence-electron chi connectivity index (χ0n) is 9.68. The van der Waals surface area contributed by atoms with E-state index >= 15 is 0 Å². The molecule has 3 nitrogen and oxygen atoms in total. The highest BCUT2D eigenvalue weighted by molar-refractivity contribution is 7.98. The largest absolute Gasteiger partial charge is 0.306 e. The van der Waals surface area contributed by atoms with Gasteiger partial charge in [-0.3, -0.25) is 4.79 Å². The molecule has 5 heteroatoms. The van der Waals surface area contributed by atoms with Gasteiger partial charge in [0.1, 0.15) is 5.82 Å². The van der Waals surface area contributed by atoms with Gasteiger partial charge in [-0.05, 0) is 30.5 Å². The van der Waals surface area contributed by atoms with Gasteiger partial charge in [0.05, 0.1) is 5.56 Å². The zero-order valence-corrected chi connectivity index (χ0v) is 10.5. The average molecular weight is 262 g/mol.